The lowest BCUT2D eigenvalue weighted by Crippen LogP contribution is -2.40. The Labute approximate surface area is 111 Å². The maximum atomic E-state index is 6.39. The summed E-state index contributed by atoms with van der Waals surface area (Å²) in [5, 5.41) is 3.39. The van der Waals surface area contributed by atoms with Gasteiger partial charge in [-0.3, -0.25) is 4.99 Å². The van der Waals surface area contributed by atoms with E-state index in [9.17, 15) is 0 Å². The number of nitrogens with two attached hydrogens (primary N) is 1. The zero-order chi connectivity index (χ0) is 13.2. The van der Waals surface area contributed by atoms with E-state index in [1.807, 2.05) is 6.21 Å². The van der Waals surface area contributed by atoms with Crippen LogP contribution in [0.4, 0.5) is 0 Å². The molecule has 2 unspecified atom stereocenters. The van der Waals surface area contributed by atoms with Gasteiger partial charge in [0.15, 0.2) is 0 Å². The maximum absolute atomic E-state index is 6.39. The lowest BCUT2D eigenvalue weighted by Gasteiger charge is -2.32. The van der Waals surface area contributed by atoms with Crippen LogP contribution in [0, 0.1) is 11.3 Å². The molecule has 2 aliphatic heterocycles. The second-order valence-electron chi connectivity index (χ2n) is 6.71. The van der Waals surface area contributed by atoms with E-state index in [1.54, 1.807) is 0 Å². The molecule has 18 heavy (non-hydrogen) atoms. The molecule has 3 nitrogen and oxygen atoms in total. The molecular weight excluding hydrogens is 222 g/mol. The first-order valence-corrected chi connectivity index (χ1v) is 7.18. The largest absolute Gasteiger partial charge is 0.324 e. The van der Waals surface area contributed by atoms with Crippen molar-refractivity contribution in [2.45, 2.75) is 52.1 Å². The van der Waals surface area contributed by atoms with E-state index in [0.29, 0.717) is 12.0 Å². The van der Waals surface area contributed by atoms with Crippen LogP contribution in [0.15, 0.2) is 16.6 Å². The predicted octanol–water partition coefficient (Wildman–Crippen LogP) is 2.13. The van der Waals surface area contributed by atoms with Crippen molar-refractivity contribution >= 4 is 6.21 Å². The summed E-state index contributed by atoms with van der Waals surface area (Å²) >= 11 is 0. The Bertz CT molecular complexity index is 332. The molecule has 0 aromatic rings. The van der Waals surface area contributed by atoms with Crippen LogP contribution in [-0.2, 0) is 0 Å². The lowest BCUT2D eigenvalue weighted by atomic mass is 9.81. The van der Waals surface area contributed by atoms with Crippen LogP contribution in [0.2, 0.25) is 0 Å². The van der Waals surface area contributed by atoms with E-state index >= 15 is 0 Å². The topological polar surface area (TPSA) is 50.4 Å². The van der Waals surface area contributed by atoms with Gasteiger partial charge >= 0.3 is 0 Å². The fourth-order valence-electron chi connectivity index (χ4n) is 2.81. The van der Waals surface area contributed by atoms with Gasteiger partial charge in [-0.05, 0) is 49.3 Å². The van der Waals surface area contributed by atoms with Crippen molar-refractivity contribution < 1.29 is 0 Å². The van der Waals surface area contributed by atoms with E-state index in [-0.39, 0.29) is 11.5 Å². The summed E-state index contributed by atoms with van der Waals surface area (Å²) in [6.07, 6.45) is 7.76. The van der Waals surface area contributed by atoms with Crippen LogP contribution in [0.1, 0.15) is 40.0 Å². The molecule has 0 radical (unpaired) electrons. The molecule has 2 rings (SSSR count). The third kappa shape index (κ3) is 3.21. The molecule has 1 fully saturated rings. The van der Waals surface area contributed by atoms with Crippen molar-refractivity contribution in [1.29, 1.82) is 0 Å². The third-order valence-corrected chi connectivity index (χ3v) is 4.26. The fraction of sp³-hybridized carbons (Fsp3) is 0.800. The van der Waals surface area contributed by atoms with Crippen LogP contribution in [0.25, 0.3) is 0 Å². The second-order valence-corrected chi connectivity index (χ2v) is 6.71. The summed E-state index contributed by atoms with van der Waals surface area (Å²) in [5.74, 6) is 0.620. The summed E-state index contributed by atoms with van der Waals surface area (Å²) in [7, 11) is 0. The molecule has 0 spiro atoms. The number of hydrogen-bond acceptors (Lipinski definition) is 3. The highest BCUT2D eigenvalue weighted by molar-refractivity contribution is 5.81. The van der Waals surface area contributed by atoms with Crippen LogP contribution >= 0.6 is 0 Å². The molecular formula is C15H27N3. The van der Waals surface area contributed by atoms with Crippen molar-refractivity contribution in [1.82, 2.24) is 5.32 Å². The first-order chi connectivity index (χ1) is 8.48. The van der Waals surface area contributed by atoms with Gasteiger partial charge in [-0.2, -0.15) is 0 Å². The normalized spacial score (nSPS) is 28.0. The van der Waals surface area contributed by atoms with E-state index in [1.165, 1.54) is 18.4 Å². The number of nitrogens with zero attached hydrogens (tertiary/aromatic N) is 1. The highest BCUT2D eigenvalue weighted by Gasteiger charge is 2.28. The Morgan fingerprint density at radius 2 is 2.00 bits per heavy atom. The van der Waals surface area contributed by atoms with Gasteiger partial charge in [-0.1, -0.05) is 26.8 Å². The van der Waals surface area contributed by atoms with Gasteiger partial charge in [-0.25, -0.2) is 0 Å². The Hall–Kier alpha value is -0.670. The minimum Gasteiger partial charge on any atom is -0.324 e. The smallest absolute Gasteiger partial charge is 0.0582 e. The lowest BCUT2D eigenvalue weighted by molar-refractivity contribution is 0.318. The monoisotopic (exact) mass is 249 g/mol. The van der Waals surface area contributed by atoms with Crippen molar-refractivity contribution in [3.63, 3.8) is 0 Å². The van der Waals surface area contributed by atoms with Gasteiger partial charge in [0.1, 0.15) is 0 Å². The van der Waals surface area contributed by atoms with Crippen molar-refractivity contribution in [2.75, 3.05) is 13.1 Å². The van der Waals surface area contributed by atoms with Crippen LogP contribution in [0.5, 0.6) is 0 Å². The van der Waals surface area contributed by atoms with Gasteiger partial charge < -0.3 is 11.1 Å². The first kappa shape index (κ1) is 13.8. The Morgan fingerprint density at radius 1 is 1.33 bits per heavy atom. The van der Waals surface area contributed by atoms with Gasteiger partial charge in [0.2, 0.25) is 0 Å². The molecule has 0 aromatic carbocycles. The Balaban J connectivity index is 1.95. The number of dihydropyridines is 1. The van der Waals surface area contributed by atoms with E-state index < -0.39 is 0 Å². The Morgan fingerprint density at radius 3 is 2.50 bits per heavy atom. The van der Waals surface area contributed by atoms with Crippen molar-refractivity contribution in [3.8, 4) is 0 Å². The molecule has 1 saturated heterocycles. The Kier molecular flexibility index (Phi) is 4.23. The molecule has 2 aliphatic rings. The molecule has 3 N–H and O–H groups in total. The molecule has 0 amide bonds. The average Bonchev–Trinajstić information content (AvgIpc) is 2.38. The van der Waals surface area contributed by atoms with Crippen molar-refractivity contribution in [2.24, 2.45) is 22.1 Å². The minimum absolute atomic E-state index is 0.178. The highest BCUT2D eigenvalue weighted by atomic mass is 14.9. The summed E-state index contributed by atoms with van der Waals surface area (Å²) in [6.45, 7) is 8.96. The summed E-state index contributed by atoms with van der Waals surface area (Å²) in [4.78, 5) is 4.71. The molecule has 0 saturated carbocycles. The van der Waals surface area contributed by atoms with Gasteiger partial charge in [0.25, 0.3) is 0 Å². The zero-order valence-corrected chi connectivity index (χ0v) is 11.9. The van der Waals surface area contributed by atoms with Crippen molar-refractivity contribution in [3.05, 3.63) is 11.6 Å². The molecule has 0 aliphatic carbocycles. The SMILES string of the molecule is CC(C)(C)C1CC=C(C(N)C2CCNCC2)C=N1. The molecule has 102 valence electrons. The molecule has 2 heterocycles. The van der Waals surface area contributed by atoms with E-state index in [0.717, 1.165) is 19.5 Å². The maximum Gasteiger partial charge on any atom is 0.0582 e. The summed E-state index contributed by atoms with van der Waals surface area (Å²) in [5.41, 5.74) is 7.89. The van der Waals surface area contributed by atoms with E-state index in [2.05, 4.69) is 32.2 Å². The molecule has 3 heteroatoms. The van der Waals surface area contributed by atoms with Crippen LogP contribution in [0.3, 0.4) is 0 Å². The molecule has 0 bridgehead atoms. The standard InChI is InChI=1S/C15H27N3/c1-15(2,3)13-5-4-12(10-18-13)14(16)11-6-8-17-9-7-11/h4,10-11,13-14,17H,5-9,16H2,1-3H3. The quantitative estimate of drug-likeness (QED) is 0.787. The number of hydrogen-bond donors (Lipinski definition) is 2. The molecule has 2 atom stereocenters. The number of aliphatic imine (C=N–C) groups is 1. The third-order valence-electron chi connectivity index (χ3n) is 4.26. The first-order valence-electron chi connectivity index (χ1n) is 7.18. The highest BCUT2D eigenvalue weighted by Crippen LogP contribution is 2.29. The van der Waals surface area contributed by atoms with Gasteiger partial charge in [0.05, 0.1) is 6.04 Å². The number of nitrogens with one attached hydrogen (secondary N) is 1. The van der Waals surface area contributed by atoms with Gasteiger partial charge in [-0.15, -0.1) is 0 Å². The minimum atomic E-state index is 0.178. The fourth-order valence-corrected chi connectivity index (χ4v) is 2.81. The second kappa shape index (κ2) is 5.54. The summed E-state index contributed by atoms with van der Waals surface area (Å²) in [6, 6.07) is 0.582. The average molecular weight is 249 g/mol. The molecule has 0 aromatic heterocycles. The van der Waals surface area contributed by atoms with Gasteiger partial charge in [0, 0.05) is 12.3 Å². The van der Waals surface area contributed by atoms with Crippen LogP contribution in [-0.4, -0.2) is 31.4 Å². The van der Waals surface area contributed by atoms with E-state index in [4.69, 9.17) is 10.7 Å². The zero-order valence-electron chi connectivity index (χ0n) is 11.9. The number of rotatable bonds is 2. The number of piperidine rings is 1. The predicted molar refractivity (Wildman–Crippen MR) is 78.0 cm³/mol. The summed E-state index contributed by atoms with van der Waals surface area (Å²) < 4.78 is 0. The van der Waals surface area contributed by atoms with Crippen LogP contribution < -0.4 is 11.1 Å².